The highest BCUT2D eigenvalue weighted by Crippen LogP contribution is 2.39. The van der Waals surface area contributed by atoms with Crippen molar-refractivity contribution in [2.45, 2.75) is 51.7 Å². The Morgan fingerprint density at radius 3 is 2.29 bits per heavy atom. The van der Waals surface area contributed by atoms with Gasteiger partial charge in [0.15, 0.2) is 0 Å². The first-order chi connectivity index (χ1) is 14.3. The molecule has 1 heterocycles. The fourth-order valence-electron chi connectivity index (χ4n) is 3.13. The number of hydrogen-bond donors (Lipinski definition) is 2. The smallest absolute Gasteiger partial charge is 0.405 e. The first kappa shape index (κ1) is 24.6. The third kappa shape index (κ3) is 7.21. The summed E-state index contributed by atoms with van der Waals surface area (Å²) in [7, 11) is 0. The van der Waals surface area contributed by atoms with Gasteiger partial charge in [0.2, 0.25) is 5.91 Å². The van der Waals surface area contributed by atoms with Crippen LogP contribution >= 0.6 is 0 Å². The van der Waals surface area contributed by atoms with Gasteiger partial charge in [-0.15, -0.1) is 13.2 Å². The molecule has 0 aliphatic carbocycles. The zero-order valence-corrected chi connectivity index (χ0v) is 16.9. The SMILES string of the molecule is CC[C@H](C)C(=O)N1CCC(NC(=O)Nc2ccc(OC(F)(F)F)c(C(F)(F)F)c2)CC1. The van der Waals surface area contributed by atoms with E-state index in [1.165, 1.54) is 0 Å². The van der Waals surface area contributed by atoms with Gasteiger partial charge in [-0.2, -0.15) is 13.2 Å². The number of nitrogens with zero attached hydrogens (tertiary/aromatic N) is 1. The molecule has 0 bridgehead atoms. The van der Waals surface area contributed by atoms with Crippen LogP contribution in [0.25, 0.3) is 0 Å². The Bertz CT molecular complexity index is 789. The van der Waals surface area contributed by atoms with E-state index in [0.717, 1.165) is 6.07 Å². The average molecular weight is 455 g/mol. The minimum absolute atomic E-state index is 0.0336. The van der Waals surface area contributed by atoms with Crippen LogP contribution in [0.3, 0.4) is 0 Å². The van der Waals surface area contributed by atoms with Crippen LogP contribution in [0.15, 0.2) is 18.2 Å². The molecule has 1 atom stereocenters. The van der Waals surface area contributed by atoms with E-state index >= 15 is 0 Å². The van der Waals surface area contributed by atoms with E-state index in [4.69, 9.17) is 0 Å². The quantitative estimate of drug-likeness (QED) is 0.629. The number of hydrogen-bond acceptors (Lipinski definition) is 3. The van der Waals surface area contributed by atoms with Crippen LogP contribution in [0.1, 0.15) is 38.7 Å². The largest absolute Gasteiger partial charge is 0.573 e. The molecule has 3 amide bonds. The molecule has 2 N–H and O–H groups in total. The summed E-state index contributed by atoms with van der Waals surface area (Å²) in [6.45, 7) is 4.62. The number of halogens is 6. The molecule has 0 aromatic heterocycles. The van der Waals surface area contributed by atoms with Crippen molar-refractivity contribution in [1.82, 2.24) is 10.2 Å². The molecule has 1 fully saturated rings. The third-order valence-electron chi connectivity index (χ3n) is 4.94. The summed E-state index contributed by atoms with van der Waals surface area (Å²) in [5, 5.41) is 4.79. The molecule has 1 aliphatic rings. The van der Waals surface area contributed by atoms with Crippen LogP contribution in [0.4, 0.5) is 36.8 Å². The molecule has 174 valence electrons. The summed E-state index contributed by atoms with van der Waals surface area (Å²) < 4.78 is 79.7. The first-order valence-corrected chi connectivity index (χ1v) is 9.63. The minimum atomic E-state index is -5.29. The Kier molecular flexibility index (Phi) is 7.66. The van der Waals surface area contributed by atoms with E-state index in [1.807, 2.05) is 13.8 Å². The number of urea groups is 1. The van der Waals surface area contributed by atoms with Gasteiger partial charge in [-0.25, -0.2) is 4.79 Å². The van der Waals surface area contributed by atoms with Gasteiger partial charge in [0.05, 0.1) is 5.56 Å². The number of carbonyl (C=O) groups is 2. The molecule has 1 aromatic carbocycles. The zero-order valence-electron chi connectivity index (χ0n) is 16.9. The molecule has 31 heavy (non-hydrogen) atoms. The van der Waals surface area contributed by atoms with Crippen molar-refractivity contribution in [3.63, 3.8) is 0 Å². The molecule has 0 unspecified atom stereocenters. The van der Waals surface area contributed by atoms with Gasteiger partial charge < -0.3 is 20.3 Å². The molecule has 6 nitrogen and oxygen atoms in total. The maximum atomic E-state index is 13.1. The number of carbonyl (C=O) groups excluding carboxylic acids is 2. The van der Waals surface area contributed by atoms with Crippen LogP contribution in [-0.2, 0) is 11.0 Å². The Labute approximate surface area is 174 Å². The molecule has 1 aliphatic heterocycles. The third-order valence-corrected chi connectivity index (χ3v) is 4.94. The standard InChI is InChI=1S/C19H23F6N3O3/c1-3-11(2)16(29)28-8-6-12(7-9-28)26-17(30)27-13-4-5-15(31-19(23,24)25)14(10-13)18(20,21)22/h4-5,10-12H,3,6-9H2,1-2H3,(H2,26,27,30)/t11-/m0/s1. The van der Waals surface area contributed by atoms with Gasteiger partial charge >= 0.3 is 18.6 Å². The van der Waals surface area contributed by atoms with E-state index in [2.05, 4.69) is 15.4 Å². The lowest BCUT2D eigenvalue weighted by Gasteiger charge is -2.33. The fourth-order valence-corrected chi connectivity index (χ4v) is 3.13. The van der Waals surface area contributed by atoms with E-state index in [9.17, 15) is 35.9 Å². The lowest BCUT2D eigenvalue weighted by atomic mass is 10.0. The van der Waals surface area contributed by atoms with Crippen molar-refractivity contribution in [2.75, 3.05) is 18.4 Å². The van der Waals surface area contributed by atoms with Crippen molar-refractivity contribution in [1.29, 1.82) is 0 Å². The molecule has 2 rings (SSSR count). The molecule has 1 saturated heterocycles. The van der Waals surface area contributed by atoms with E-state index in [0.29, 0.717) is 44.5 Å². The summed E-state index contributed by atoms with van der Waals surface area (Å²) in [4.78, 5) is 26.0. The normalized spacial score (nSPS) is 16.6. The number of amides is 3. The Balaban J connectivity index is 1.97. The lowest BCUT2D eigenvalue weighted by Crippen LogP contribution is -2.48. The second kappa shape index (κ2) is 9.65. The minimum Gasteiger partial charge on any atom is -0.405 e. The maximum absolute atomic E-state index is 13.1. The average Bonchev–Trinajstić information content (AvgIpc) is 2.66. The monoisotopic (exact) mass is 455 g/mol. The molecule has 12 heteroatoms. The number of benzene rings is 1. The number of likely N-dealkylation sites (tertiary alicyclic amines) is 1. The van der Waals surface area contributed by atoms with Crippen LogP contribution < -0.4 is 15.4 Å². The second-order valence-electron chi connectivity index (χ2n) is 7.26. The topological polar surface area (TPSA) is 70.7 Å². The number of piperidine rings is 1. The number of anilines is 1. The van der Waals surface area contributed by atoms with Gasteiger partial charge in [-0.3, -0.25) is 4.79 Å². The van der Waals surface area contributed by atoms with Crippen LogP contribution in [0.2, 0.25) is 0 Å². The van der Waals surface area contributed by atoms with Gasteiger partial charge in [0, 0.05) is 30.7 Å². The van der Waals surface area contributed by atoms with Crippen LogP contribution in [0, 0.1) is 5.92 Å². The predicted octanol–water partition coefficient (Wildman–Crippen LogP) is 4.76. The number of rotatable bonds is 5. The molecular formula is C19H23F6N3O3. The summed E-state index contributed by atoms with van der Waals surface area (Å²) in [6, 6.07) is 0.641. The van der Waals surface area contributed by atoms with Gasteiger partial charge in [0.25, 0.3) is 0 Å². The number of ether oxygens (including phenoxy) is 1. The zero-order chi connectivity index (χ0) is 23.4. The maximum Gasteiger partial charge on any atom is 0.573 e. The Morgan fingerprint density at radius 2 is 1.77 bits per heavy atom. The Morgan fingerprint density at radius 1 is 1.16 bits per heavy atom. The van der Waals surface area contributed by atoms with Gasteiger partial charge in [-0.1, -0.05) is 13.8 Å². The van der Waals surface area contributed by atoms with Crippen LogP contribution in [0.5, 0.6) is 5.75 Å². The van der Waals surface area contributed by atoms with Crippen molar-refractivity contribution in [3.8, 4) is 5.75 Å². The summed E-state index contributed by atoms with van der Waals surface area (Å²) >= 11 is 0. The van der Waals surface area contributed by atoms with Crippen molar-refractivity contribution < 1.29 is 40.7 Å². The van der Waals surface area contributed by atoms with Gasteiger partial charge in [-0.05, 0) is 37.5 Å². The lowest BCUT2D eigenvalue weighted by molar-refractivity contribution is -0.276. The summed E-state index contributed by atoms with van der Waals surface area (Å²) in [6.07, 6.45) is -8.75. The van der Waals surface area contributed by atoms with Crippen molar-refractivity contribution in [3.05, 3.63) is 23.8 Å². The van der Waals surface area contributed by atoms with E-state index < -0.39 is 29.9 Å². The highest BCUT2D eigenvalue weighted by molar-refractivity contribution is 5.89. The molecular weight excluding hydrogens is 432 g/mol. The molecule has 0 saturated carbocycles. The molecule has 0 radical (unpaired) electrons. The highest BCUT2D eigenvalue weighted by atomic mass is 19.4. The van der Waals surface area contributed by atoms with Crippen LogP contribution in [-0.4, -0.2) is 42.3 Å². The summed E-state index contributed by atoms with van der Waals surface area (Å²) in [5.41, 5.74) is -2.01. The van der Waals surface area contributed by atoms with E-state index in [1.54, 1.807) is 4.90 Å². The molecule has 0 spiro atoms. The first-order valence-electron chi connectivity index (χ1n) is 9.63. The van der Waals surface area contributed by atoms with Crippen molar-refractivity contribution >= 4 is 17.6 Å². The van der Waals surface area contributed by atoms with E-state index in [-0.39, 0.29) is 23.6 Å². The summed E-state index contributed by atoms with van der Waals surface area (Å²) in [5.74, 6) is -1.48. The predicted molar refractivity (Wildman–Crippen MR) is 99.3 cm³/mol. The number of alkyl halides is 6. The molecule has 1 aromatic rings. The number of nitrogens with one attached hydrogen (secondary N) is 2. The van der Waals surface area contributed by atoms with Gasteiger partial charge in [0.1, 0.15) is 5.75 Å². The Hall–Kier alpha value is -2.66. The second-order valence-corrected chi connectivity index (χ2v) is 7.26. The highest BCUT2D eigenvalue weighted by Gasteiger charge is 2.39. The fraction of sp³-hybridized carbons (Fsp3) is 0.579. The van der Waals surface area contributed by atoms with Crippen molar-refractivity contribution in [2.24, 2.45) is 5.92 Å².